The lowest BCUT2D eigenvalue weighted by molar-refractivity contribution is 0.0398. The van der Waals surface area contributed by atoms with Crippen LogP contribution < -0.4 is 4.90 Å². The van der Waals surface area contributed by atoms with Gasteiger partial charge in [-0.1, -0.05) is 28.1 Å². The molecule has 1 unspecified atom stereocenters. The van der Waals surface area contributed by atoms with Crippen LogP contribution in [0.1, 0.15) is 11.7 Å². The second-order valence-electron chi connectivity index (χ2n) is 5.66. The average molecular weight is 432 g/mol. The molecule has 3 rings (SSSR count). The van der Waals surface area contributed by atoms with Gasteiger partial charge >= 0.3 is 5.76 Å². The van der Waals surface area contributed by atoms with E-state index in [0.717, 1.165) is 15.7 Å². The van der Waals surface area contributed by atoms with Gasteiger partial charge in [-0.15, -0.1) is 0 Å². The minimum Gasteiger partial charge on any atom is -0.370 e. The summed E-state index contributed by atoms with van der Waals surface area (Å²) >= 11 is 3.40. The van der Waals surface area contributed by atoms with E-state index in [-0.39, 0.29) is 11.0 Å². The molecule has 0 amide bonds. The number of anilines is 1. The number of sulfone groups is 1. The van der Waals surface area contributed by atoms with Crippen LogP contribution >= 0.6 is 15.9 Å². The highest BCUT2D eigenvalue weighted by atomic mass is 79.9. The molecule has 134 valence electrons. The predicted octanol–water partition coefficient (Wildman–Crippen LogP) is 4.02. The highest BCUT2D eigenvalue weighted by Crippen LogP contribution is 2.28. The van der Waals surface area contributed by atoms with E-state index >= 15 is 0 Å². The largest absolute Gasteiger partial charge is 0.370 e. The molecule has 0 N–H and O–H groups in total. The summed E-state index contributed by atoms with van der Waals surface area (Å²) in [4.78, 5) is 1.68. The van der Waals surface area contributed by atoms with Crippen LogP contribution in [0.4, 0.5) is 14.5 Å². The molecule has 1 atom stereocenters. The lowest BCUT2D eigenvalue weighted by Gasteiger charge is -2.34. The van der Waals surface area contributed by atoms with Crippen LogP contribution in [-0.4, -0.2) is 33.9 Å². The Hall–Kier alpha value is -1.51. The second-order valence-corrected chi connectivity index (χ2v) is 8.49. The van der Waals surface area contributed by atoms with Gasteiger partial charge in [0.05, 0.1) is 11.5 Å². The standard InChI is InChI=1S/C17H16BrF2NO3S/c18-13-3-1-12(2-4-13)16-11-21(9-10-24-16)14-5-7-15(8-6-14)25(22,23)17(19)20/h1-8,16-17H,9-11H2. The monoisotopic (exact) mass is 431 g/mol. The third kappa shape index (κ3) is 4.02. The molecule has 4 nitrogen and oxygen atoms in total. The lowest BCUT2D eigenvalue weighted by Crippen LogP contribution is -2.38. The number of rotatable bonds is 4. The molecule has 0 bridgehead atoms. The van der Waals surface area contributed by atoms with Gasteiger partial charge in [-0.3, -0.25) is 0 Å². The van der Waals surface area contributed by atoms with Gasteiger partial charge in [0.25, 0.3) is 0 Å². The van der Waals surface area contributed by atoms with Crippen LogP contribution in [-0.2, 0) is 14.6 Å². The summed E-state index contributed by atoms with van der Waals surface area (Å²) in [6.07, 6.45) is -0.105. The Labute approximate surface area is 153 Å². The summed E-state index contributed by atoms with van der Waals surface area (Å²) in [7, 11) is -4.56. The molecule has 1 saturated heterocycles. The molecular formula is C17H16BrF2NO3S. The first kappa shape index (κ1) is 18.3. The van der Waals surface area contributed by atoms with Crippen LogP contribution in [0.5, 0.6) is 0 Å². The molecule has 0 aromatic heterocycles. The van der Waals surface area contributed by atoms with Crippen LogP contribution in [0.2, 0.25) is 0 Å². The molecule has 0 radical (unpaired) electrons. The number of benzene rings is 2. The Balaban J connectivity index is 1.76. The molecule has 0 spiro atoms. The number of hydrogen-bond acceptors (Lipinski definition) is 4. The SMILES string of the molecule is O=S(=O)(c1ccc(N2CCOC(c3ccc(Br)cc3)C2)cc1)C(F)F. The first-order chi connectivity index (χ1) is 11.9. The molecule has 8 heteroatoms. The van der Waals surface area contributed by atoms with Crippen molar-refractivity contribution in [1.82, 2.24) is 0 Å². The fraction of sp³-hybridized carbons (Fsp3) is 0.294. The smallest absolute Gasteiger partial charge is 0.341 e. The van der Waals surface area contributed by atoms with Crippen LogP contribution in [0.15, 0.2) is 57.9 Å². The maximum atomic E-state index is 12.6. The third-order valence-corrected chi connectivity index (χ3v) is 6.00. The van der Waals surface area contributed by atoms with Gasteiger partial charge in [-0.2, -0.15) is 8.78 Å². The number of morpholine rings is 1. The summed E-state index contributed by atoms with van der Waals surface area (Å²) in [6.45, 7) is 1.77. The maximum Gasteiger partial charge on any atom is 0.341 e. The summed E-state index contributed by atoms with van der Waals surface area (Å²) < 4.78 is 55.0. The average Bonchev–Trinajstić information content (AvgIpc) is 2.62. The molecule has 2 aromatic rings. The van der Waals surface area contributed by atoms with Gasteiger partial charge in [0.2, 0.25) is 9.84 Å². The fourth-order valence-corrected chi connectivity index (χ4v) is 3.70. The Morgan fingerprint density at radius 3 is 2.32 bits per heavy atom. The van der Waals surface area contributed by atoms with Crippen LogP contribution in [0.25, 0.3) is 0 Å². The minimum atomic E-state index is -4.56. The Morgan fingerprint density at radius 2 is 1.72 bits per heavy atom. The zero-order valence-corrected chi connectivity index (χ0v) is 15.5. The first-order valence-corrected chi connectivity index (χ1v) is 9.96. The second kappa shape index (κ2) is 7.39. The van der Waals surface area contributed by atoms with Gasteiger partial charge in [-0.25, -0.2) is 8.42 Å². The maximum absolute atomic E-state index is 12.6. The van der Waals surface area contributed by atoms with Gasteiger partial charge in [-0.05, 0) is 42.0 Å². The molecule has 1 aliphatic rings. The zero-order chi connectivity index (χ0) is 18.0. The van der Waals surface area contributed by atoms with Gasteiger partial charge in [0.1, 0.15) is 6.10 Å². The van der Waals surface area contributed by atoms with Crippen molar-refractivity contribution in [3.63, 3.8) is 0 Å². The van der Waals surface area contributed by atoms with Crippen LogP contribution in [0.3, 0.4) is 0 Å². The highest BCUT2D eigenvalue weighted by Gasteiger charge is 2.27. The summed E-state index contributed by atoms with van der Waals surface area (Å²) in [5.41, 5.74) is 1.82. The van der Waals surface area contributed by atoms with Gasteiger partial charge < -0.3 is 9.64 Å². The lowest BCUT2D eigenvalue weighted by atomic mass is 10.1. The summed E-state index contributed by atoms with van der Waals surface area (Å²) in [5, 5.41) is 0. The van der Waals surface area contributed by atoms with E-state index in [2.05, 4.69) is 20.8 Å². The molecule has 0 saturated carbocycles. The van der Waals surface area contributed by atoms with E-state index < -0.39 is 15.6 Å². The normalized spacial score (nSPS) is 18.6. The highest BCUT2D eigenvalue weighted by molar-refractivity contribution is 9.10. The van der Waals surface area contributed by atoms with Gasteiger partial charge in [0, 0.05) is 23.2 Å². The Morgan fingerprint density at radius 1 is 1.08 bits per heavy atom. The van der Waals surface area contributed by atoms with Crippen molar-refractivity contribution in [2.45, 2.75) is 16.8 Å². The van der Waals surface area contributed by atoms with Crippen molar-refractivity contribution in [2.75, 3.05) is 24.6 Å². The van der Waals surface area contributed by atoms with Crippen molar-refractivity contribution < 1.29 is 21.9 Å². The van der Waals surface area contributed by atoms with E-state index in [0.29, 0.717) is 19.7 Å². The molecular weight excluding hydrogens is 416 g/mol. The van der Waals surface area contributed by atoms with E-state index in [9.17, 15) is 17.2 Å². The third-order valence-electron chi connectivity index (χ3n) is 4.07. The Kier molecular flexibility index (Phi) is 5.41. The van der Waals surface area contributed by atoms with Crippen LogP contribution in [0, 0.1) is 0 Å². The number of halogens is 3. The van der Waals surface area contributed by atoms with Crippen molar-refractivity contribution >= 4 is 31.5 Å². The Bertz CT molecular complexity index is 826. The summed E-state index contributed by atoms with van der Waals surface area (Å²) in [5.74, 6) is -3.41. The number of ether oxygens (including phenoxy) is 1. The van der Waals surface area contributed by atoms with Crippen molar-refractivity contribution in [3.05, 3.63) is 58.6 Å². The minimum absolute atomic E-state index is 0.105. The van der Waals surface area contributed by atoms with E-state index in [1.807, 2.05) is 24.3 Å². The quantitative estimate of drug-likeness (QED) is 0.733. The van der Waals surface area contributed by atoms with Crippen molar-refractivity contribution in [2.24, 2.45) is 0 Å². The molecule has 1 fully saturated rings. The van der Waals surface area contributed by atoms with Crippen molar-refractivity contribution in [3.8, 4) is 0 Å². The predicted molar refractivity (Wildman–Crippen MR) is 94.7 cm³/mol. The molecule has 1 heterocycles. The van der Waals surface area contributed by atoms with E-state index in [1.54, 1.807) is 12.1 Å². The molecule has 2 aromatic carbocycles. The number of hydrogen-bond donors (Lipinski definition) is 0. The van der Waals surface area contributed by atoms with Crippen molar-refractivity contribution in [1.29, 1.82) is 0 Å². The van der Waals surface area contributed by atoms with E-state index in [1.165, 1.54) is 12.1 Å². The molecule has 1 aliphatic heterocycles. The molecule has 0 aliphatic carbocycles. The summed E-state index contributed by atoms with van der Waals surface area (Å²) in [6, 6.07) is 13.4. The fourth-order valence-electron chi connectivity index (χ4n) is 2.71. The number of nitrogens with zero attached hydrogens (tertiary/aromatic N) is 1. The van der Waals surface area contributed by atoms with E-state index in [4.69, 9.17) is 4.74 Å². The zero-order valence-electron chi connectivity index (χ0n) is 13.1. The van der Waals surface area contributed by atoms with Gasteiger partial charge in [0.15, 0.2) is 0 Å². The first-order valence-electron chi connectivity index (χ1n) is 7.62. The topological polar surface area (TPSA) is 46.6 Å². The number of alkyl halides is 2. The molecule has 25 heavy (non-hydrogen) atoms.